The van der Waals surface area contributed by atoms with E-state index >= 15 is 0 Å². The molecule has 100 valence electrons. The number of hydrogen-bond acceptors (Lipinski definition) is 2. The Morgan fingerprint density at radius 3 is 2.63 bits per heavy atom. The van der Waals surface area contributed by atoms with Crippen molar-refractivity contribution in [1.82, 2.24) is 0 Å². The summed E-state index contributed by atoms with van der Waals surface area (Å²) >= 11 is 6.10. The highest BCUT2D eigenvalue weighted by atomic mass is 35.5. The van der Waals surface area contributed by atoms with E-state index in [1.807, 2.05) is 43.3 Å². The summed E-state index contributed by atoms with van der Waals surface area (Å²) in [6.07, 6.45) is 0.930. The Hall–Kier alpha value is -1.67. The number of ether oxygens (including phenoxy) is 1. The van der Waals surface area contributed by atoms with Crippen LogP contribution in [-0.4, -0.2) is 13.2 Å². The van der Waals surface area contributed by atoms with Crippen molar-refractivity contribution < 1.29 is 4.74 Å². The molecule has 0 aliphatic carbocycles. The molecule has 0 radical (unpaired) electrons. The SMILES string of the molecule is Cc1ccc(OCCCNc2ccccc2)c(Cl)c1. The molecule has 0 aliphatic heterocycles. The number of aryl methyl sites for hydroxylation is 1. The van der Waals surface area contributed by atoms with E-state index in [4.69, 9.17) is 16.3 Å². The average Bonchev–Trinajstić information content (AvgIpc) is 2.42. The van der Waals surface area contributed by atoms with E-state index in [0.29, 0.717) is 11.6 Å². The average molecular weight is 276 g/mol. The van der Waals surface area contributed by atoms with Gasteiger partial charge in [0, 0.05) is 12.2 Å². The van der Waals surface area contributed by atoms with Gasteiger partial charge >= 0.3 is 0 Å². The molecule has 0 fully saturated rings. The molecule has 2 aromatic carbocycles. The Morgan fingerprint density at radius 1 is 1.11 bits per heavy atom. The van der Waals surface area contributed by atoms with Crippen LogP contribution in [0.3, 0.4) is 0 Å². The Kier molecular flexibility index (Phi) is 5.10. The maximum Gasteiger partial charge on any atom is 0.137 e. The molecular formula is C16H18ClNO. The topological polar surface area (TPSA) is 21.3 Å². The molecular weight excluding hydrogens is 258 g/mol. The highest BCUT2D eigenvalue weighted by Crippen LogP contribution is 2.25. The Bertz CT molecular complexity index is 513. The summed E-state index contributed by atoms with van der Waals surface area (Å²) < 4.78 is 5.66. The first kappa shape index (κ1) is 13.8. The standard InChI is InChI=1S/C16H18ClNO/c1-13-8-9-16(15(17)12-13)19-11-5-10-18-14-6-3-2-4-7-14/h2-4,6-9,12,18H,5,10-11H2,1H3. The van der Waals surface area contributed by atoms with Gasteiger partial charge in [0.1, 0.15) is 5.75 Å². The number of hydrogen-bond donors (Lipinski definition) is 1. The third kappa shape index (κ3) is 4.49. The summed E-state index contributed by atoms with van der Waals surface area (Å²) in [7, 11) is 0. The molecule has 2 aromatic rings. The van der Waals surface area contributed by atoms with Gasteiger partial charge < -0.3 is 10.1 Å². The molecule has 2 nitrogen and oxygen atoms in total. The van der Waals surface area contributed by atoms with Crippen LogP contribution in [0.2, 0.25) is 5.02 Å². The molecule has 0 heterocycles. The molecule has 0 atom stereocenters. The van der Waals surface area contributed by atoms with Gasteiger partial charge in [0.15, 0.2) is 0 Å². The second-order valence-corrected chi connectivity index (χ2v) is 4.84. The molecule has 0 saturated carbocycles. The number of para-hydroxylation sites is 1. The summed E-state index contributed by atoms with van der Waals surface area (Å²) in [4.78, 5) is 0. The largest absolute Gasteiger partial charge is 0.492 e. The Labute approximate surface area is 119 Å². The summed E-state index contributed by atoms with van der Waals surface area (Å²) in [6.45, 7) is 3.55. The van der Waals surface area contributed by atoms with Crippen molar-refractivity contribution in [3.8, 4) is 5.75 Å². The van der Waals surface area contributed by atoms with Crippen LogP contribution in [0.15, 0.2) is 48.5 Å². The molecule has 3 heteroatoms. The smallest absolute Gasteiger partial charge is 0.137 e. The minimum atomic E-state index is 0.655. The van der Waals surface area contributed by atoms with Gasteiger partial charge in [-0.25, -0.2) is 0 Å². The zero-order chi connectivity index (χ0) is 13.5. The predicted octanol–water partition coefficient (Wildman–Crippen LogP) is 4.53. The Morgan fingerprint density at radius 2 is 1.89 bits per heavy atom. The van der Waals surface area contributed by atoms with Crippen molar-refractivity contribution in [2.45, 2.75) is 13.3 Å². The summed E-state index contributed by atoms with van der Waals surface area (Å²) in [6, 6.07) is 16.0. The van der Waals surface area contributed by atoms with Gasteiger partial charge in [-0.1, -0.05) is 35.9 Å². The highest BCUT2D eigenvalue weighted by Gasteiger charge is 2.00. The lowest BCUT2D eigenvalue weighted by Crippen LogP contribution is -2.07. The number of anilines is 1. The molecule has 0 spiro atoms. The van der Waals surface area contributed by atoms with E-state index in [1.54, 1.807) is 0 Å². The highest BCUT2D eigenvalue weighted by molar-refractivity contribution is 6.32. The van der Waals surface area contributed by atoms with Gasteiger partial charge in [-0.2, -0.15) is 0 Å². The number of halogens is 1. The van der Waals surface area contributed by atoms with E-state index in [2.05, 4.69) is 17.4 Å². The van der Waals surface area contributed by atoms with E-state index in [9.17, 15) is 0 Å². The number of nitrogens with one attached hydrogen (secondary N) is 1. The number of rotatable bonds is 6. The lowest BCUT2D eigenvalue weighted by molar-refractivity contribution is 0.315. The van der Waals surface area contributed by atoms with Gasteiger partial charge in [0.25, 0.3) is 0 Å². The minimum Gasteiger partial charge on any atom is -0.492 e. The second kappa shape index (κ2) is 7.05. The Balaban J connectivity index is 1.69. The van der Waals surface area contributed by atoms with Gasteiger partial charge in [0.05, 0.1) is 11.6 Å². The van der Waals surface area contributed by atoms with Crippen LogP contribution in [0.1, 0.15) is 12.0 Å². The summed E-state index contributed by atoms with van der Waals surface area (Å²) in [5, 5.41) is 4.02. The normalized spacial score (nSPS) is 10.2. The van der Waals surface area contributed by atoms with Crippen LogP contribution in [0.4, 0.5) is 5.69 Å². The lowest BCUT2D eigenvalue weighted by atomic mass is 10.2. The van der Waals surface area contributed by atoms with E-state index in [0.717, 1.165) is 30.0 Å². The van der Waals surface area contributed by atoms with E-state index in [-0.39, 0.29) is 0 Å². The van der Waals surface area contributed by atoms with E-state index < -0.39 is 0 Å². The molecule has 0 aromatic heterocycles. The fraction of sp³-hybridized carbons (Fsp3) is 0.250. The first-order valence-corrected chi connectivity index (χ1v) is 6.81. The maximum absolute atomic E-state index is 6.10. The van der Waals surface area contributed by atoms with Crippen LogP contribution >= 0.6 is 11.6 Å². The van der Waals surface area contributed by atoms with Crippen molar-refractivity contribution in [2.24, 2.45) is 0 Å². The van der Waals surface area contributed by atoms with Crippen molar-refractivity contribution in [2.75, 3.05) is 18.5 Å². The quantitative estimate of drug-likeness (QED) is 0.782. The third-order valence-corrected chi connectivity index (χ3v) is 3.06. The molecule has 2 rings (SSSR count). The maximum atomic E-state index is 6.10. The van der Waals surface area contributed by atoms with Gasteiger partial charge in [-0.05, 0) is 43.2 Å². The fourth-order valence-electron chi connectivity index (χ4n) is 1.77. The zero-order valence-electron chi connectivity index (χ0n) is 11.0. The van der Waals surface area contributed by atoms with Gasteiger partial charge in [-0.3, -0.25) is 0 Å². The van der Waals surface area contributed by atoms with Crippen molar-refractivity contribution in [1.29, 1.82) is 0 Å². The molecule has 0 bridgehead atoms. The number of benzene rings is 2. The fourth-order valence-corrected chi connectivity index (χ4v) is 2.06. The first-order valence-electron chi connectivity index (χ1n) is 6.43. The predicted molar refractivity (Wildman–Crippen MR) is 81.2 cm³/mol. The zero-order valence-corrected chi connectivity index (χ0v) is 11.8. The lowest BCUT2D eigenvalue weighted by Gasteiger charge is -2.09. The summed E-state index contributed by atoms with van der Waals surface area (Å²) in [5.41, 5.74) is 2.28. The molecule has 0 unspecified atom stereocenters. The van der Waals surface area contributed by atoms with Crippen LogP contribution < -0.4 is 10.1 Å². The third-order valence-electron chi connectivity index (χ3n) is 2.77. The molecule has 1 N–H and O–H groups in total. The van der Waals surface area contributed by atoms with Crippen molar-refractivity contribution >= 4 is 17.3 Å². The van der Waals surface area contributed by atoms with E-state index in [1.165, 1.54) is 0 Å². The molecule has 0 saturated heterocycles. The monoisotopic (exact) mass is 275 g/mol. The van der Waals surface area contributed by atoms with Crippen LogP contribution in [0, 0.1) is 6.92 Å². The van der Waals surface area contributed by atoms with Gasteiger partial charge in [0.2, 0.25) is 0 Å². The van der Waals surface area contributed by atoms with Crippen LogP contribution in [0.5, 0.6) is 5.75 Å². The van der Waals surface area contributed by atoms with Gasteiger partial charge in [-0.15, -0.1) is 0 Å². The summed E-state index contributed by atoms with van der Waals surface area (Å²) in [5.74, 6) is 0.756. The van der Waals surface area contributed by atoms with Crippen LogP contribution in [-0.2, 0) is 0 Å². The molecule has 0 aliphatic rings. The van der Waals surface area contributed by atoms with Crippen molar-refractivity contribution in [3.05, 3.63) is 59.1 Å². The molecule has 19 heavy (non-hydrogen) atoms. The van der Waals surface area contributed by atoms with Crippen molar-refractivity contribution in [3.63, 3.8) is 0 Å². The molecule has 0 amide bonds. The second-order valence-electron chi connectivity index (χ2n) is 4.43. The minimum absolute atomic E-state index is 0.655. The first-order chi connectivity index (χ1) is 9.25. The van der Waals surface area contributed by atoms with Crippen LogP contribution in [0.25, 0.3) is 0 Å².